The van der Waals surface area contributed by atoms with Crippen LogP contribution < -0.4 is 0 Å². The fourth-order valence-electron chi connectivity index (χ4n) is 2.14. The Hall–Kier alpha value is -1.09. The summed E-state index contributed by atoms with van der Waals surface area (Å²) >= 11 is 3.48. The van der Waals surface area contributed by atoms with Gasteiger partial charge in [-0.3, -0.25) is 0 Å². The van der Waals surface area contributed by atoms with Gasteiger partial charge in [0.1, 0.15) is 0 Å². The Bertz CT molecular complexity index is 502. The number of rotatable bonds is 3. The van der Waals surface area contributed by atoms with E-state index in [0.29, 0.717) is 0 Å². The third kappa shape index (κ3) is 2.29. The molecule has 0 saturated heterocycles. The third-order valence-corrected chi connectivity index (χ3v) is 3.89. The van der Waals surface area contributed by atoms with Gasteiger partial charge in [-0.15, -0.1) is 0 Å². The van der Waals surface area contributed by atoms with Gasteiger partial charge in [0, 0.05) is 12.0 Å². The average Bonchev–Trinajstić information content (AvgIpc) is 2.66. The van der Waals surface area contributed by atoms with Gasteiger partial charge in [0.2, 0.25) is 0 Å². The molecule has 1 heterocycles. The van der Waals surface area contributed by atoms with E-state index >= 15 is 0 Å². The zero-order valence-electron chi connectivity index (χ0n) is 9.53. The number of hydrogen-bond donors (Lipinski definition) is 0. The topological polar surface area (TPSA) is 26.0 Å². The highest BCUT2D eigenvalue weighted by molar-refractivity contribution is 9.10. The lowest BCUT2D eigenvalue weighted by Gasteiger charge is -2.23. The van der Waals surface area contributed by atoms with Gasteiger partial charge in [-0.05, 0) is 34.7 Å². The Morgan fingerprint density at radius 1 is 1.24 bits per heavy atom. The van der Waals surface area contributed by atoms with Gasteiger partial charge in [-0.1, -0.05) is 36.8 Å². The molecule has 0 radical (unpaired) electrons. The van der Waals surface area contributed by atoms with E-state index < -0.39 is 0 Å². The van der Waals surface area contributed by atoms with Gasteiger partial charge in [-0.25, -0.2) is 4.98 Å². The van der Waals surface area contributed by atoms with E-state index in [2.05, 4.69) is 20.9 Å². The molecule has 2 nitrogen and oxygen atoms in total. The highest BCUT2D eigenvalue weighted by atomic mass is 79.9. The van der Waals surface area contributed by atoms with E-state index in [1.807, 2.05) is 30.3 Å². The van der Waals surface area contributed by atoms with Crippen LogP contribution in [0.4, 0.5) is 0 Å². The molecule has 0 amide bonds. The Kier molecular flexibility index (Phi) is 3.02. The lowest BCUT2D eigenvalue weighted by Crippen LogP contribution is -2.13. The highest BCUT2D eigenvalue weighted by Crippen LogP contribution is 2.33. The van der Waals surface area contributed by atoms with Gasteiger partial charge in [0.05, 0.1) is 0 Å². The van der Waals surface area contributed by atoms with Crippen molar-refractivity contribution in [3.8, 4) is 11.3 Å². The number of hydrogen-bond acceptors (Lipinski definition) is 2. The molecular weight excluding hydrogens is 278 g/mol. The largest absolute Gasteiger partial charge is 0.439 e. The zero-order valence-corrected chi connectivity index (χ0v) is 11.1. The predicted octanol–water partition coefficient (Wildman–Crippen LogP) is 4.45. The van der Waals surface area contributed by atoms with E-state index in [4.69, 9.17) is 4.42 Å². The van der Waals surface area contributed by atoms with Crippen LogP contribution in [-0.4, -0.2) is 4.98 Å². The summed E-state index contributed by atoms with van der Waals surface area (Å²) in [5.74, 6) is 2.49. The van der Waals surface area contributed by atoms with Crippen molar-refractivity contribution in [2.24, 2.45) is 5.92 Å². The van der Waals surface area contributed by atoms with Crippen LogP contribution in [0.3, 0.4) is 0 Å². The molecule has 1 fully saturated rings. The normalized spacial score (nSPS) is 15.8. The van der Waals surface area contributed by atoms with Crippen molar-refractivity contribution in [2.75, 3.05) is 0 Å². The van der Waals surface area contributed by atoms with Crippen LogP contribution in [0.5, 0.6) is 0 Å². The van der Waals surface area contributed by atoms with Crippen LogP contribution in [0.15, 0.2) is 39.4 Å². The van der Waals surface area contributed by atoms with E-state index in [-0.39, 0.29) is 0 Å². The van der Waals surface area contributed by atoms with E-state index in [1.165, 1.54) is 19.3 Å². The smallest absolute Gasteiger partial charge is 0.196 e. The lowest BCUT2D eigenvalue weighted by atomic mass is 9.83. The molecule has 3 heteroatoms. The molecule has 1 aliphatic carbocycles. The Labute approximate surface area is 109 Å². The molecule has 0 unspecified atom stereocenters. The minimum Gasteiger partial charge on any atom is -0.439 e. The molecule has 2 aromatic rings. The van der Waals surface area contributed by atoms with Crippen LogP contribution in [-0.2, 0) is 6.42 Å². The Morgan fingerprint density at radius 3 is 2.65 bits per heavy atom. The molecule has 88 valence electrons. The molecule has 17 heavy (non-hydrogen) atoms. The Morgan fingerprint density at radius 2 is 2.00 bits per heavy atom. The summed E-state index contributed by atoms with van der Waals surface area (Å²) in [6, 6.07) is 10.1. The van der Waals surface area contributed by atoms with Crippen LogP contribution >= 0.6 is 15.9 Å². The molecular formula is C14H14BrNO. The molecule has 0 bridgehead atoms. The molecule has 3 rings (SSSR count). The summed E-state index contributed by atoms with van der Waals surface area (Å²) < 4.78 is 6.67. The first-order valence-corrected chi connectivity index (χ1v) is 6.83. The van der Waals surface area contributed by atoms with E-state index in [1.54, 1.807) is 0 Å². The van der Waals surface area contributed by atoms with Crippen LogP contribution in [0.1, 0.15) is 25.2 Å². The number of oxazole rings is 1. The summed E-state index contributed by atoms with van der Waals surface area (Å²) in [4.78, 5) is 4.46. The van der Waals surface area contributed by atoms with Crippen LogP contribution in [0.25, 0.3) is 11.3 Å². The van der Waals surface area contributed by atoms with Gasteiger partial charge >= 0.3 is 0 Å². The Balaban J connectivity index is 1.85. The molecule has 1 aliphatic rings. The second-order valence-corrected chi connectivity index (χ2v) is 5.35. The lowest BCUT2D eigenvalue weighted by molar-refractivity contribution is 0.291. The average molecular weight is 292 g/mol. The van der Waals surface area contributed by atoms with Crippen molar-refractivity contribution < 1.29 is 4.42 Å². The fraction of sp³-hybridized carbons (Fsp3) is 0.357. The standard InChI is InChI=1S/C14H14BrNO/c15-14-13(11-7-2-1-3-8-11)17-12(16-14)9-10-5-4-6-10/h1-3,7-8,10H,4-6,9H2. The zero-order chi connectivity index (χ0) is 11.7. The van der Waals surface area contributed by atoms with Crippen LogP contribution in [0.2, 0.25) is 0 Å². The minimum absolute atomic E-state index is 0.782. The molecule has 1 aromatic heterocycles. The maximum absolute atomic E-state index is 5.85. The minimum atomic E-state index is 0.782. The summed E-state index contributed by atoms with van der Waals surface area (Å²) in [6.45, 7) is 0. The first-order chi connectivity index (χ1) is 8.33. The predicted molar refractivity (Wildman–Crippen MR) is 70.7 cm³/mol. The summed E-state index contributed by atoms with van der Waals surface area (Å²) in [6.07, 6.45) is 4.98. The number of halogens is 1. The fourth-order valence-corrected chi connectivity index (χ4v) is 2.65. The van der Waals surface area contributed by atoms with Crippen molar-refractivity contribution in [2.45, 2.75) is 25.7 Å². The van der Waals surface area contributed by atoms with Gasteiger partial charge in [-0.2, -0.15) is 0 Å². The monoisotopic (exact) mass is 291 g/mol. The summed E-state index contributed by atoms with van der Waals surface area (Å²) in [7, 11) is 0. The first-order valence-electron chi connectivity index (χ1n) is 6.03. The second kappa shape index (κ2) is 4.65. The molecule has 1 aromatic carbocycles. The summed E-state index contributed by atoms with van der Waals surface area (Å²) in [5.41, 5.74) is 1.08. The molecule has 0 N–H and O–H groups in total. The van der Waals surface area contributed by atoms with Gasteiger partial charge < -0.3 is 4.42 Å². The van der Waals surface area contributed by atoms with Gasteiger partial charge in [0.25, 0.3) is 0 Å². The number of aromatic nitrogens is 1. The van der Waals surface area contributed by atoms with Crippen molar-refractivity contribution in [1.82, 2.24) is 4.98 Å². The molecule has 0 atom stereocenters. The molecule has 0 aliphatic heterocycles. The SMILES string of the molecule is Brc1nc(CC2CCC2)oc1-c1ccccc1. The maximum atomic E-state index is 5.85. The van der Waals surface area contributed by atoms with E-state index in [9.17, 15) is 0 Å². The number of nitrogens with zero attached hydrogens (tertiary/aromatic N) is 1. The second-order valence-electron chi connectivity index (χ2n) is 4.59. The molecule has 1 saturated carbocycles. The van der Waals surface area contributed by atoms with Crippen molar-refractivity contribution in [1.29, 1.82) is 0 Å². The highest BCUT2D eigenvalue weighted by Gasteiger charge is 2.21. The van der Waals surface area contributed by atoms with Crippen molar-refractivity contribution in [3.05, 3.63) is 40.8 Å². The summed E-state index contributed by atoms with van der Waals surface area (Å²) in [5, 5.41) is 0. The quantitative estimate of drug-likeness (QED) is 0.835. The van der Waals surface area contributed by atoms with Gasteiger partial charge in [0.15, 0.2) is 16.3 Å². The first kappa shape index (κ1) is 11.0. The van der Waals surface area contributed by atoms with Crippen molar-refractivity contribution in [3.63, 3.8) is 0 Å². The van der Waals surface area contributed by atoms with E-state index in [0.717, 1.165) is 34.2 Å². The maximum Gasteiger partial charge on any atom is 0.196 e. The third-order valence-electron chi connectivity index (χ3n) is 3.35. The number of benzene rings is 1. The van der Waals surface area contributed by atoms with Crippen molar-refractivity contribution >= 4 is 15.9 Å². The molecule has 0 spiro atoms. The van der Waals surface area contributed by atoms with Crippen LogP contribution in [0, 0.1) is 5.92 Å².